The minimum absolute atomic E-state index is 0. The maximum atomic E-state index is 8.11. The molecule has 0 aromatic rings. The normalized spacial score (nSPS) is 111. The Morgan fingerprint density at radius 2 is 0.477 bits per heavy atom. The van der Waals surface area contributed by atoms with E-state index >= 15 is 0 Å². The van der Waals surface area contributed by atoms with Gasteiger partial charge in [-0.15, -0.1) is 6.42 Å². The number of hydrogen-bond donors (Lipinski definition) is 0. The fourth-order valence-electron chi connectivity index (χ4n) is 96.0. The Hall–Kier alpha value is -5.35. The van der Waals surface area contributed by atoms with Crippen molar-refractivity contribution in [3.8, 4) is 137 Å². The minimum atomic E-state index is 0. The number of nitriles is 1. The van der Waals surface area contributed by atoms with Crippen molar-refractivity contribution in [2.24, 2.45) is 429 Å². The van der Waals surface area contributed by atoms with Gasteiger partial charge in [0.1, 0.15) is 0 Å². The zero-order chi connectivity index (χ0) is 62.2. The molecule has 1 heteroatoms. The Labute approximate surface area is 626 Å². The summed E-state index contributed by atoms with van der Waals surface area (Å²) < 4.78 is 0. The van der Waals surface area contributed by atoms with Gasteiger partial charge in [-0.1, -0.05) is 22.3 Å². The zero-order valence-electron chi connectivity index (χ0n) is 56.7. The summed E-state index contributed by atoms with van der Waals surface area (Å²) >= 11 is 0. The van der Waals surface area contributed by atoms with Crippen molar-refractivity contribution in [1.82, 2.24) is 0 Å². The van der Waals surface area contributed by atoms with Gasteiger partial charge in [0.2, 0.25) is 0 Å². The lowest BCUT2D eigenvalue weighted by Crippen LogP contribution is -3.69. The van der Waals surface area contributed by atoms with Gasteiger partial charge in [-0.2, -0.15) is 5.26 Å². The van der Waals surface area contributed by atoms with Crippen LogP contribution in [-0.4, -0.2) is 0 Å². The van der Waals surface area contributed by atoms with Crippen molar-refractivity contribution in [1.29, 1.82) is 5.26 Å². The average molecular weight is 1370 g/mol. The van der Waals surface area contributed by atoms with Crippen LogP contribution in [0.2, 0.25) is 0 Å². The van der Waals surface area contributed by atoms with Crippen LogP contribution in [0.25, 0.3) is 0 Å². The molecule has 0 radical (unpaired) electrons. The minimum Gasteiger partial charge on any atom is -0.183 e. The Balaban J connectivity index is 0.000000157. The summed E-state index contributed by atoms with van der Waals surface area (Å²) in [7, 11) is 0. The SMILES string of the molecule is C.C.C.C#CC#CC#CC#CC#CC#CC#CC#CC#CC#CC#CC#N.C1CC23CC4C5C6C7C8C9C%10C%11C%12C%13C%14C%15C%16C%17CC%18C%19C%20CC%21C%22C%23C%24C%25C%26C%27C%28C%29C%30C%31C%32C%33C%34C1C1C2C2%35C1%34C%331C%32%33C%31%32C%30%31C%29%30C%28%29C%27%28C%26%27C%25%26C%24%25C%23%24C%22%23C%20%21C%19%20C%18%17C%16%17C%15%16C%14%15C%13%14C%12%13C%11%12C%10%11C9%10C89C78C67C5(C432)C%351C%337C%328C%319C%30%10C%29%11C%28%12C%27%13C%26%14C%25%15C%24%16C%20%23%17. The van der Waals surface area contributed by atoms with Gasteiger partial charge in [0.05, 0.1) is 0 Å². The first-order chi connectivity index (χ1) is 52.7. The molecule has 61 aliphatic rings. The molecule has 0 aliphatic heterocycles. The summed E-state index contributed by atoms with van der Waals surface area (Å²) in [5, 5.41) is 8.11. The third-order valence-electron chi connectivity index (χ3n) is 74.9. The number of hydrogen-bond acceptors (Lipinski definition) is 1. The first-order valence-corrected chi connectivity index (χ1v) is 46.6. The molecule has 0 aromatic carbocycles. The maximum absolute atomic E-state index is 8.11. The standard InChI is InChI=1S/C82H44.C23HN.3CH4/c1-2-40-5-11-17-21-25-29-33-37-35-31-27-23-19-15-9-3-8-14-7-4-10-16-20-24-28-32-36-38-34-30-26-22-18-12-6(1)13-39(40)70-43(12,13)48(18)52(22)56(26)60(30)64(34)68(38)66(36)62(32)58(28)54(24)50(20)46(16)41(7,10)45(14)42(8,9)47(15)51(19)55(23)59(27)63(31)67(35)69(37)65(33)61(29)57(25)53(21)49(17,44(11,40)70)72(48,70)74(52,53)76(56,57)78(60,61)80(64,65)82(68,69)81(66,67)79(62,63)77(58,59)75(54,55)73(50,51)71(45,46)47;1-2-3-4-5-6-7-8-9-10-11-12-13-14-15-16-17-18-19-20-21-22-23-24;;;/h6-39H,1-5H2;1H;3*1H4. The number of nitrogens with zero attached hydrogens (tertiary/aromatic N) is 1. The third-order valence-corrected chi connectivity index (χ3v) is 74.9. The highest BCUT2D eigenvalue weighted by atomic mass is 15.8. The van der Waals surface area contributed by atoms with Crippen LogP contribution in [-0.2, 0) is 0 Å². The van der Waals surface area contributed by atoms with E-state index in [1.54, 1.807) is 6.07 Å². The monoisotopic (exact) mass is 1370 g/mol. The fourth-order valence-corrected chi connectivity index (χ4v) is 96.0. The second-order valence-corrected chi connectivity index (χ2v) is 56.9. The second-order valence-electron chi connectivity index (χ2n) is 56.9. The quantitative estimate of drug-likeness (QED) is 0.224. The van der Waals surface area contributed by atoms with Gasteiger partial charge >= 0.3 is 0 Å². The predicted molar refractivity (Wildman–Crippen MR) is 360 cm³/mol. The van der Waals surface area contributed by atoms with Crippen LogP contribution in [0.3, 0.4) is 0 Å². The van der Waals surface area contributed by atoms with Crippen molar-refractivity contribution in [2.45, 2.75) is 54.4 Å². The molecule has 0 saturated heterocycles. The van der Waals surface area contributed by atoms with Crippen LogP contribution in [0.5, 0.6) is 0 Å². The van der Waals surface area contributed by atoms with E-state index in [0.717, 1.165) is 233 Å². The predicted octanol–water partition coefficient (Wildman–Crippen LogP) is 8.30. The van der Waals surface area contributed by atoms with E-state index in [-0.39, 0.29) is 22.3 Å². The summed E-state index contributed by atoms with van der Waals surface area (Å²) in [4.78, 5) is 0. The van der Waals surface area contributed by atoms with Gasteiger partial charge in [-0.05, 0) is 514 Å². The van der Waals surface area contributed by atoms with Crippen molar-refractivity contribution < 1.29 is 0 Å². The molecule has 0 amide bonds. The molecule has 1 nitrogen and oxygen atoms in total. The van der Waals surface area contributed by atoms with Crippen LogP contribution < -0.4 is 0 Å². The number of terminal acetylenes is 1. The molecular weight excluding hydrogens is 1310 g/mol. The molecule has 109 heavy (non-hydrogen) atoms. The van der Waals surface area contributed by atoms with Crippen molar-refractivity contribution >= 4 is 0 Å². The van der Waals surface area contributed by atoms with E-state index in [1.165, 1.54) is 201 Å². The first kappa shape index (κ1) is 42.8. The molecule has 77 atom stereocenters. The van der Waals surface area contributed by atoms with E-state index in [1.807, 2.05) is 32.1 Å². The van der Waals surface area contributed by atoms with E-state index in [4.69, 9.17) is 11.7 Å². The molecule has 0 bridgehead atoms. The van der Waals surface area contributed by atoms with E-state index in [9.17, 15) is 0 Å². The molecule has 77 unspecified atom stereocenters. The van der Waals surface area contributed by atoms with Crippen molar-refractivity contribution in [3.05, 3.63) is 5.41 Å². The first-order valence-electron chi connectivity index (χ1n) is 46.6. The summed E-state index contributed by atoms with van der Waals surface area (Å²) in [6, 6.07) is 1.62. The van der Waals surface area contributed by atoms with E-state index < -0.39 is 0 Å². The summed E-state index contributed by atoms with van der Waals surface area (Å²) in [6.07, 6.45) is 14.3. The third kappa shape index (κ3) is 1.09. The molecule has 0 heterocycles. The summed E-state index contributed by atoms with van der Waals surface area (Å²) in [5.74, 6) is 98.9. The molecule has 0 aromatic heterocycles. The summed E-state index contributed by atoms with van der Waals surface area (Å²) in [5.41, 5.74) is 48.7. The van der Waals surface area contributed by atoms with Gasteiger partial charge in [-0.25, -0.2) is 0 Å². The van der Waals surface area contributed by atoms with Crippen LogP contribution in [0.1, 0.15) is 54.4 Å². The van der Waals surface area contributed by atoms with E-state index in [0.29, 0.717) is 0 Å². The van der Waals surface area contributed by atoms with Gasteiger partial charge in [0, 0.05) is 77.0 Å². The fraction of sp³-hybridized carbons (Fsp3) is 0.787. The van der Waals surface area contributed by atoms with E-state index in [2.05, 4.69) is 124 Å². The van der Waals surface area contributed by atoms with Gasteiger partial charge in [0.15, 0.2) is 6.07 Å². The number of rotatable bonds is 0. The maximum Gasteiger partial charge on any atom is 0.153 e. The lowest BCUT2D eigenvalue weighted by molar-refractivity contribution is -1.26. The molecular formula is C108H57N. The Morgan fingerprint density at radius 3 is 0.817 bits per heavy atom. The van der Waals surface area contributed by atoms with Crippen LogP contribution in [0.15, 0.2) is 0 Å². The largest absolute Gasteiger partial charge is 0.183 e. The average Bonchev–Trinajstić information content (AvgIpc) is 0.416. The van der Waals surface area contributed by atoms with Crippen molar-refractivity contribution in [2.75, 3.05) is 0 Å². The molecule has 61 aliphatic carbocycles. The van der Waals surface area contributed by atoms with Gasteiger partial charge in [-0.3, -0.25) is 0 Å². The van der Waals surface area contributed by atoms with Crippen LogP contribution in [0.4, 0.5) is 0 Å². The Morgan fingerprint density at radius 1 is 0.220 bits per heavy atom. The Kier molecular flexibility index (Phi) is 2.86. The second kappa shape index (κ2) is 7.28. The highest BCUT2D eigenvalue weighted by Crippen LogP contribution is 3.76. The molecule has 61 saturated carbocycles. The van der Waals surface area contributed by atoms with Crippen LogP contribution >= 0.6 is 0 Å². The highest BCUT2D eigenvalue weighted by molar-refractivity contribution is 6.22. The molecule has 61 rings (SSSR count). The molecule has 61 fully saturated rings. The lowest BCUT2D eigenvalue weighted by atomic mass is 8.32. The topological polar surface area (TPSA) is 23.8 Å². The highest BCUT2D eigenvalue weighted by Gasteiger charge is 3.75. The molecule has 0 N–H and O–H groups in total. The van der Waals surface area contributed by atoms with Crippen molar-refractivity contribution in [3.63, 3.8) is 0 Å². The Bertz CT molecular complexity index is 8030. The van der Waals surface area contributed by atoms with Gasteiger partial charge in [0.25, 0.3) is 0 Å². The lowest BCUT2D eigenvalue weighted by Gasteiger charge is -3.70. The van der Waals surface area contributed by atoms with Gasteiger partial charge < -0.3 is 0 Å². The number of fused-ring (bicyclic) bond motifs is 29. The molecule has 494 valence electrons. The summed E-state index contributed by atoms with van der Waals surface area (Å²) in [6.45, 7) is 0. The van der Waals surface area contributed by atoms with Crippen LogP contribution in [0, 0.1) is 576 Å². The smallest absolute Gasteiger partial charge is 0.153 e. The zero-order valence-corrected chi connectivity index (χ0v) is 56.7. The molecule has 43 spiro atoms.